The molecule has 6 nitrogen and oxygen atoms in total. The fourth-order valence-electron chi connectivity index (χ4n) is 2.54. The van der Waals surface area contributed by atoms with Gasteiger partial charge in [-0.25, -0.2) is 0 Å². The van der Waals surface area contributed by atoms with Gasteiger partial charge in [0.15, 0.2) is 0 Å². The molecule has 2 aromatic carbocycles. The van der Waals surface area contributed by atoms with E-state index in [4.69, 9.17) is 21.3 Å². The Labute approximate surface area is 156 Å². The number of aromatic nitrogens is 2. The molecule has 0 amide bonds. The van der Waals surface area contributed by atoms with Crippen LogP contribution in [-0.2, 0) is 0 Å². The highest BCUT2D eigenvalue weighted by Gasteiger charge is 2.25. The lowest BCUT2D eigenvalue weighted by Crippen LogP contribution is -2.23. The predicted octanol–water partition coefficient (Wildman–Crippen LogP) is 4.10. The number of rotatable bonds is 5. The van der Waals surface area contributed by atoms with Gasteiger partial charge in [0, 0.05) is 11.3 Å². The molecule has 1 aromatic heterocycles. The van der Waals surface area contributed by atoms with Gasteiger partial charge in [-0.05, 0) is 43.7 Å². The van der Waals surface area contributed by atoms with Crippen LogP contribution in [0, 0.1) is 18.3 Å². The second-order valence-corrected chi connectivity index (χ2v) is 6.26. The summed E-state index contributed by atoms with van der Waals surface area (Å²) in [6, 6.07) is 14.2. The van der Waals surface area contributed by atoms with Gasteiger partial charge in [-0.1, -0.05) is 29.8 Å². The number of hydrogen-bond acceptors (Lipinski definition) is 6. The van der Waals surface area contributed by atoms with Crippen molar-refractivity contribution in [1.29, 1.82) is 5.26 Å². The highest BCUT2D eigenvalue weighted by Crippen LogP contribution is 2.31. The van der Waals surface area contributed by atoms with Crippen LogP contribution in [0.4, 0.5) is 5.69 Å². The highest BCUT2D eigenvalue weighted by molar-refractivity contribution is 6.32. The fraction of sp³-hybridized carbons (Fsp3) is 0.211. The van der Waals surface area contributed by atoms with Gasteiger partial charge in [0.25, 0.3) is 0 Å². The molecule has 2 unspecified atom stereocenters. The van der Waals surface area contributed by atoms with Gasteiger partial charge in [-0.3, -0.25) is 0 Å². The Bertz CT molecular complexity index is 948. The Kier molecular flexibility index (Phi) is 5.21. The summed E-state index contributed by atoms with van der Waals surface area (Å²) >= 11 is 6.22. The molecular formula is C19H17ClN4O2. The van der Waals surface area contributed by atoms with E-state index in [-0.39, 0.29) is 5.89 Å². The van der Waals surface area contributed by atoms with Gasteiger partial charge < -0.3 is 14.8 Å². The van der Waals surface area contributed by atoms with Gasteiger partial charge in [0.2, 0.25) is 11.8 Å². The van der Waals surface area contributed by atoms with Crippen LogP contribution in [0.25, 0.3) is 11.5 Å². The number of nitrogens with zero attached hydrogens (tertiary/aromatic N) is 3. The van der Waals surface area contributed by atoms with Gasteiger partial charge in [0.05, 0.1) is 16.7 Å². The molecule has 2 atom stereocenters. The Hall–Kier alpha value is -2.88. The maximum atomic E-state index is 10.2. The molecule has 0 aliphatic heterocycles. The molecule has 0 bridgehead atoms. The number of nitrogens with one attached hydrogen (secondary N) is 1. The number of halogens is 1. The Morgan fingerprint density at radius 3 is 2.58 bits per heavy atom. The summed E-state index contributed by atoms with van der Waals surface area (Å²) in [5.41, 5.74) is 2.58. The minimum atomic E-state index is -0.798. The van der Waals surface area contributed by atoms with E-state index < -0.39 is 12.1 Å². The van der Waals surface area contributed by atoms with Crippen LogP contribution in [-0.4, -0.2) is 21.4 Å². The fourth-order valence-corrected chi connectivity index (χ4v) is 2.75. The normalized spacial score (nSPS) is 13.0. The van der Waals surface area contributed by atoms with Gasteiger partial charge in [-0.2, -0.15) is 5.26 Å². The third-order valence-corrected chi connectivity index (χ3v) is 4.51. The zero-order valence-electron chi connectivity index (χ0n) is 14.3. The summed E-state index contributed by atoms with van der Waals surface area (Å²) in [4.78, 5) is 0. The van der Waals surface area contributed by atoms with Gasteiger partial charge in [-0.15, -0.1) is 10.2 Å². The zero-order valence-corrected chi connectivity index (χ0v) is 15.0. The van der Waals surface area contributed by atoms with Crippen molar-refractivity contribution in [3.05, 3.63) is 64.5 Å². The van der Waals surface area contributed by atoms with E-state index >= 15 is 0 Å². The molecule has 0 spiro atoms. The minimum Gasteiger partial charge on any atom is -0.418 e. The average Bonchev–Trinajstić information content (AvgIpc) is 3.13. The molecule has 0 saturated carbocycles. The molecular weight excluding hydrogens is 352 g/mol. The van der Waals surface area contributed by atoms with Crippen LogP contribution in [0.1, 0.15) is 30.0 Å². The summed E-state index contributed by atoms with van der Waals surface area (Å²) in [7, 11) is 0. The van der Waals surface area contributed by atoms with Crippen LogP contribution in [0.3, 0.4) is 0 Å². The molecule has 3 rings (SSSR count). The van der Waals surface area contributed by atoms with Crippen molar-refractivity contribution < 1.29 is 9.52 Å². The largest absolute Gasteiger partial charge is 0.418 e. The summed E-state index contributed by atoms with van der Waals surface area (Å²) in [5.74, 6) is 0.640. The molecule has 3 aromatic rings. The first-order valence-corrected chi connectivity index (χ1v) is 8.41. The number of benzene rings is 2. The highest BCUT2D eigenvalue weighted by atomic mass is 35.5. The lowest BCUT2D eigenvalue weighted by Gasteiger charge is -2.21. The van der Waals surface area contributed by atoms with E-state index in [9.17, 15) is 5.11 Å². The van der Waals surface area contributed by atoms with Gasteiger partial charge in [0.1, 0.15) is 12.1 Å². The number of nitriles is 1. The quantitative estimate of drug-likeness (QED) is 0.703. The van der Waals surface area contributed by atoms with E-state index in [0.717, 1.165) is 5.56 Å². The molecule has 0 fully saturated rings. The van der Waals surface area contributed by atoms with Crippen molar-refractivity contribution >= 4 is 17.3 Å². The summed E-state index contributed by atoms with van der Waals surface area (Å²) < 4.78 is 5.75. The van der Waals surface area contributed by atoms with Crippen molar-refractivity contribution in [2.75, 3.05) is 5.32 Å². The monoisotopic (exact) mass is 368 g/mol. The lowest BCUT2D eigenvalue weighted by atomic mass is 10.1. The van der Waals surface area contributed by atoms with Crippen LogP contribution in [0.2, 0.25) is 5.02 Å². The van der Waals surface area contributed by atoms with Crippen LogP contribution >= 0.6 is 11.6 Å². The van der Waals surface area contributed by atoms with E-state index in [1.807, 2.05) is 36.4 Å². The van der Waals surface area contributed by atoms with Crippen LogP contribution in [0.15, 0.2) is 46.9 Å². The SMILES string of the molecule is Cc1c(NC(c2nnc(-c3ccccc3)o2)C(C)O)ccc(C#N)c1Cl. The topological polar surface area (TPSA) is 95.0 Å². The molecule has 132 valence electrons. The third kappa shape index (κ3) is 3.54. The van der Waals surface area contributed by atoms with E-state index in [0.29, 0.717) is 27.7 Å². The Morgan fingerprint density at radius 2 is 1.92 bits per heavy atom. The molecule has 0 saturated heterocycles. The smallest absolute Gasteiger partial charge is 0.247 e. The molecule has 1 heterocycles. The predicted molar refractivity (Wildman–Crippen MR) is 98.7 cm³/mol. The zero-order chi connectivity index (χ0) is 18.7. The third-order valence-electron chi connectivity index (χ3n) is 4.03. The van der Waals surface area contributed by atoms with Crippen molar-refractivity contribution in [2.24, 2.45) is 0 Å². The first-order chi connectivity index (χ1) is 12.5. The molecule has 2 N–H and O–H groups in total. The number of anilines is 1. The first kappa shape index (κ1) is 17.9. The Balaban J connectivity index is 1.91. The van der Waals surface area contributed by atoms with Crippen molar-refractivity contribution in [3.63, 3.8) is 0 Å². The maximum Gasteiger partial charge on any atom is 0.247 e. The molecule has 26 heavy (non-hydrogen) atoms. The minimum absolute atomic E-state index is 0.263. The van der Waals surface area contributed by atoms with Crippen LogP contribution in [0.5, 0.6) is 0 Å². The number of aliphatic hydroxyl groups excluding tert-OH is 1. The maximum absolute atomic E-state index is 10.2. The second kappa shape index (κ2) is 7.56. The lowest BCUT2D eigenvalue weighted by molar-refractivity contribution is 0.159. The Morgan fingerprint density at radius 1 is 1.19 bits per heavy atom. The number of aliphatic hydroxyl groups is 1. The second-order valence-electron chi connectivity index (χ2n) is 5.89. The van der Waals surface area contributed by atoms with Crippen molar-refractivity contribution in [2.45, 2.75) is 26.0 Å². The molecule has 7 heteroatoms. The van der Waals surface area contributed by atoms with E-state index in [1.54, 1.807) is 26.0 Å². The molecule has 0 aliphatic rings. The van der Waals surface area contributed by atoms with Gasteiger partial charge >= 0.3 is 0 Å². The standard InChI is InChI=1S/C19H17ClN4O2/c1-11-15(9-8-14(10-21)16(11)20)22-17(12(2)25)19-24-23-18(26-19)13-6-4-3-5-7-13/h3-9,12,17,22,25H,1-2H3. The first-order valence-electron chi connectivity index (χ1n) is 8.04. The molecule has 0 radical (unpaired) electrons. The van der Waals surface area contributed by atoms with E-state index in [2.05, 4.69) is 15.5 Å². The van der Waals surface area contributed by atoms with Crippen molar-refractivity contribution in [3.8, 4) is 17.5 Å². The number of hydrogen-bond donors (Lipinski definition) is 2. The van der Waals surface area contributed by atoms with Crippen molar-refractivity contribution in [1.82, 2.24) is 10.2 Å². The summed E-state index contributed by atoms with van der Waals surface area (Å²) in [6.45, 7) is 3.43. The summed E-state index contributed by atoms with van der Waals surface area (Å²) in [5, 5.41) is 30.9. The molecule has 0 aliphatic carbocycles. The summed E-state index contributed by atoms with van der Waals surface area (Å²) in [6.07, 6.45) is -0.798. The average molecular weight is 369 g/mol. The van der Waals surface area contributed by atoms with Crippen LogP contribution < -0.4 is 5.32 Å². The van der Waals surface area contributed by atoms with E-state index in [1.165, 1.54) is 0 Å².